The lowest BCUT2D eigenvalue weighted by atomic mass is 9.99. The summed E-state index contributed by atoms with van der Waals surface area (Å²) in [7, 11) is 0. The fourth-order valence-electron chi connectivity index (χ4n) is 3.07. The van der Waals surface area contributed by atoms with E-state index in [1.807, 2.05) is 66.7 Å². The zero-order valence-electron chi connectivity index (χ0n) is 14.8. The Morgan fingerprint density at radius 1 is 1.04 bits per heavy atom. The number of anilines is 1. The van der Waals surface area contributed by atoms with Gasteiger partial charge in [0.2, 0.25) is 11.5 Å². The maximum atomic E-state index is 12.2. The van der Waals surface area contributed by atoms with Gasteiger partial charge in [-0.25, -0.2) is 9.78 Å². The summed E-state index contributed by atoms with van der Waals surface area (Å²) in [5.74, 6) is -0.602. The third-order valence-electron chi connectivity index (χ3n) is 4.31. The standard InChI is InChI=1S/C22H18N2O3/c1-2-26-22(25)20-19(23)18-16(14-9-5-3-6-10-14)13-17(24-21(18)27-20)15-11-7-4-8-12-15/h3-13H,2,23H2,1H3. The Kier molecular flexibility index (Phi) is 4.34. The van der Waals surface area contributed by atoms with Crippen molar-refractivity contribution in [3.05, 3.63) is 72.5 Å². The topological polar surface area (TPSA) is 78.3 Å². The first-order valence-electron chi connectivity index (χ1n) is 8.70. The number of hydrogen-bond acceptors (Lipinski definition) is 5. The SMILES string of the molecule is CCOC(=O)c1oc2nc(-c3ccccc3)cc(-c3ccccc3)c2c1N. The van der Waals surface area contributed by atoms with E-state index in [0.717, 1.165) is 22.4 Å². The van der Waals surface area contributed by atoms with Gasteiger partial charge in [-0.15, -0.1) is 0 Å². The third kappa shape index (κ3) is 3.04. The number of nitrogens with two attached hydrogens (primary N) is 1. The number of carbonyl (C=O) groups is 1. The molecule has 134 valence electrons. The molecule has 2 aromatic carbocycles. The second-order valence-electron chi connectivity index (χ2n) is 6.03. The molecule has 27 heavy (non-hydrogen) atoms. The van der Waals surface area contributed by atoms with Gasteiger partial charge < -0.3 is 14.9 Å². The highest BCUT2D eigenvalue weighted by atomic mass is 16.5. The van der Waals surface area contributed by atoms with Gasteiger partial charge >= 0.3 is 5.97 Å². The summed E-state index contributed by atoms with van der Waals surface area (Å²) in [5, 5.41) is 0.615. The highest BCUT2D eigenvalue weighted by molar-refractivity contribution is 6.09. The zero-order valence-corrected chi connectivity index (χ0v) is 14.8. The molecule has 0 atom stereocenters. The number of pyridine rings is 1. The first kappa shape index (κ1) is 16.8. The Balaban J connectivity index is 2.01. The number of furan rings is 1. The normalized spacial score (nSPS) is 10.9. The predicted molar refractivity (Wildman–Crippen MR) is 105 cm³/mol. The number of fused-ring (bicyclic) bond motifs is 1. The molecule has 0 unspecified atom stereocenters. The Morgan fingerprint density at radius 2 is 1.67 bits per heavy atom. The second-order valence-corrected chi connectivity index (χ2v) is 6.03. The van der Waals surface area contributed by atoms with E-state index in [9.17, 15) is 4.79 Å². The average molecular weight is 358 g/mol. The number of nitrogen functional groups attached to an aromatic ring is 1. The minimum atomic E-state index is -0.590. The predicted octanol–water partition coefficient (Wildman–Crippen LogP) is 4.92. The van der Waals surface area contributed by atoms with Crippen LogP contribution in [-0.4, -0.2) is 17.6 Å². The lowest BCUT2D eigenvalue weighted by Gasteiger charge is -2.07. The summed E-state index contributed by atoms with van der Waals surface area (Å²) in [4.78, 5) is 16.8. The minimum Gasteiger partial charge on any atom is -0.460 e. The number of esters is 1. The minimum absolute atomic E-state index is 0.0123. The molecule has 4 rings (SSSR count). The first-order valence-corrected chi connectivity index (χ1v) is 8.70. The molecule has 2 aromatic heterocycles. The molecule has 2 N–H and O–H groups in total. The van der Waals surface area contributed by atoms with Gasteiger partial charge in [0.1, 0.15) is 0 Å². The highest BCUT2D eigenvalue weighted by Crippen LogP contribution is 2.38. The number of ether oxygens (including phenoxy) is 1. The van der Waals surface area contributed by atoms with Crippen LogP contribution in [0.3, 0.4) is 0 Å². The van der Waals surface area contributed by atoms with Crippen molar-refractivity contribution < 1.29 is 13.9 Å². The van der Waals surface area contributed by atoms with Gasteiger partial charge in [0.25, 0.3) is 0 Å². The average Bonchev–Trinajstić information content (AvgIpc) is 3.05. The molecule has 0 radical (unpaired) electrons. The van der Waals surface area contributed by atoms with Crippen LogP contribution in [0.1, 0.15) is 17.5 Å². The van der Waals surface area contributed by atoms with Crippen molar-refractivity contribution >= 4 is 22.8 Å². The Labute approximate surface area is 156 Å². The van der Waals surface area contributed by atoms with E-state index in [2.05, 4.69) is 4.98 Å². The van der Waals surface area contributed by atoms with E-state index in [-0.39, 0.29) is 18.1 Å². The summed E-state index contributed by atoms with van der Waals surface area (Å²) in [5.41, 5.74) is 10.3. The van der Waals surface area contributed by atoms with Gasteiger partial charge in [-0.05, 0) is 24.1 Å². The molecule has 0 aliphatic heterocycles. The van der Waals surface area contributed by atoms with Crippen molar-refractivity contribution in [2.24, 2.45) is 0 Å². The summed E-state index contributed by atoms with van der Waals surface area (Å²) in [6.45, 7) is 1.97. The first-order chi connectivity index (χ1) is 13.2. The van der Waals surface area contributed by atoms with Crippen LogP contribution in [-0.2, 0) is 4.74 Å². The molecule has 5 nitrogen and oxygen atoms in total. The summed E-state index contributed by atoms with van der Waals surface area (Å²) in [6.07, 6.45) is 0. The lowest BCUT2D eigenvalue weighted by Crippen LogP contribution is -2.05. The fourth-order valence-corrected chi connectivity index (χ4v) is 3.07. The van der Waals surface area contributed by atoms with Crippen molar-refractivity contribution in [1.29, 1.82) is 0 Å². The van der Waals surface area contributed by atoms with Crippen LogP contribution in [0.2, 0.25) is 0 Å². The molecular formula is C22H18N2O3. The smallest absolute Gasteiger partial charge is 0.376 e. The number of rotatable bonds is 4. The van der Waals surface area contributed by atoms with Crippen LogP contribution in [0, 0.1) is 0 Å². The summed E-state index contributed by atoms with van der Waals surface area (Å²) in [6, 6.07) is 21.6. The molecule has 0 aliphatic rings. The molecule has 4 aromatic rings. The molecule has 0 aliphatic carbocycles. The number of carbonyl (C=O) groups excluding carboxylic acids is 1. The zero-order chi connectivity index (χ0) is 18.8. The van der Waals surface area contributed by atoms with Crippen molar-refractivity contribution in [3.8, 4) is 22.4 Å². The Hall–Kier alpha value is -3.60. The van der Waals surface area contributed by atoms with Gasteiger partial charge in [0.05, 0.1) is 23.4 Å². The van der Waals surface area contributed by atoms with Crippen molar-refractivity contribution in [1.82, 2.24) is 4.98 Å². The second kappa shape index (κ2) is 6.96. The molecule has 2 heterocycles. The molecular weight excluding hydrogens is 340 g/mol. The summed E-state index contributed by atoms with van der Waals surface area (Å²) >= 11 is 0. The van der Waals surface area contributed by atoms with Gasteiger partial charge in [0.15, 0.2) is 0 Å². The maximum absolute atomic E-state index is 12.2. The van der Waals surface area contributed by atoms with Crippen LogP contribution in [0.5, 0.6) is 0 Å². The molecule has 0 spiro atoms. The summed E-state index contributed by atoms with van der Waals surface area (Å²) < 4.78 is 10.8. The monoisotopic (exact) mass is 358 g/mol. The van der Waals surface area contributed by atoms with Crippen LogP contribution in [0.4, 0.5) is 5.69 Å². The highest BCUT2D eigenvalue weighted by Gasteiger charge is 2.24. The third-order valence-corrected chi connectivity index (χ3v) is 4.31. The van der Waals surface area contributed by atoms with Crippen molar-refractivity contribution in [2.75, 3.05) is 12.3 Å². The van der Waals surface area contributed by atoms with E-state index in [0.29, 0.717) is 11.1 Å². The van der Waals surface area contributed by atoms with E-state index < -0.39 is 5.97 Å². The van der Waals surface area contributed by atoms with Crippen LogP contribution < -0.4 is 5.73 Å². The molecule has 0 saturated heterocycles. The lowest BCUT2D eigenvalue weighted by molar-refractivity contribution is 0.0494. The molecule has 0 bridgehead atoms. The van der Waals surface area contributed by atoms with Gasteiger partial charge in [0, 0.05) is 5.56 Å². The quantitative estimate of drug-likeness (QED) is 0.524. The molecule has 0 fully saturated rings. The van der Waals surface area contributed by atoms with E-state index in [1.165, 1.54) is 0 Å². The van der Waals surface area contributed by atoms with Gasteiger partial charge in [-0.3, -0.25) is 0 Å². The fraction of sp³-hybridized carbons (Fsp3) is 0.0909. The number of aromatic nitrogens is 1. The number of benzene rings is 2. The molecule has 0 amide bonds. The van der Waals surface area contributed by atoms with Gasteiger partial charge in [-0.2, -0.15) is 0 Å². The largest absolute Gasteiger partial charge is 0.460 e. The van der Waals surface area contributed by atoms with E-state index >= 15 is 0 Å². The molecule has 0 saturated carbocycles. The van der Waals surface area contributed by atoms with E-state index in [4.69, 9.17) is 14.9 Å². The van der Waals surface area contributed by atoms with Crippen LogP contribution in [0.25, 0.3) is 33.5 Å². The van der Waals surface area contributed by atoms with Crippen molar-refractivity contribution in [2.45, 2.75) is 6.92 Å². The Morgan fingerprint density at radius 3 is 2.30 bits per heavy atom. The Bertz CT molecular complexity index is 1100. The van der Waals surface area contributed by atoms with Crippen LogP contribution in [0.15, 0.2) is 71.1 Å². The van der Waals surface area contributed by atoms with Crippen molar-refractivity contribution in [3.63, 3.8) is 0 Å². The van der Waals surface area contributed by atoms with Crippen LogP contribution >= 0.6 is 0 Å². The maximum Gasteiger partial charge on any atom is 0.376 e. The molecule has 5 heteroatoms. The van der Waals surface area contributed by atoms with E-state index in [1.54, 1.807) is 6.92 Å². The van der Waals surface area contributed by atoms with Gasteiger partial charge in [-0.1, -0.05) is 60.7 Å². The number of hydrogen-bond donors (Lipinski definition) is 1. The number of nitrogens with zero attached hydrogens (tertiary/aromatic N) is 1.